The summed E-state index contributed by atoms with van der Waals surface area (Å²) >= 11 is 0. The lowest BCUT2D eigenvalue weighted by Crippen LogP contribution is -1.84. The fourth-order valence-corrected chi connectivity index (χ4v) is 1.41. The van der Waals surface area contributed by atoms with Crippen LogP contribution in [0.2, 0.25) is 0 Å². The molecule has 3 aromatic rings. The van der Waals surface area contributed by atoms with Gasteiger partial charge in [-0.3, -0.25) is 4.40 Å². The van der Waals surface area contributed by atoms with Crippen LogP contribution in [0.4, 0.5) is 0 Å². The molecule has 0 aliphatic carbocycles. The van der Waals surface area contributed by atoms with Gasteiger partial charge in [-0.05, 0) is 12.1 Å². The Hall–Kier alpha value is -1.97. The highest BCUT2D eigenvalue weighted by Gasteiger charge is 2.02. The highest BCUT2D eigenvalue weighted by atomic mass is 15.1. The molecule has 0 radical (unpaired) electrons. The zero-order chi connectivity index (χ0) is 8.67. The third-order valence-corrected chi connectivity index (χ3v) is 1.97. The minimum absolute atomic E-state index is 0.828. The smallest absolute Gasteiger partial charge is 0.167 e. The summed E-state index contributed by atoms with van der Waals surface area (Å²) in [5, 5.41) is 0. The average molecular weight is 170 g/mol. The van der Waals surface area contributed by atoms with Gasteiger partial charge in [0.1, 0.15) is 17.5 Å². The maximum absolute atomic E-state index is 4.35. The molecular weight excluding hydrogens is 164 g/mol. The van der Waals surface area contributed by atoms with Crippen LogP contribution in [0, 0.1) is 0 Å². The molecule has 0 amide bonds. The van der Waals surface area contributed by atoms with Gasteiger partial charge < -0.3 is 0 Å². The zero-order valence-corrected chi connectivity index (χ0v) is 6.75. The molecule has 3 aromatic heterocycles. The summed E-state index contributed by atoms with van der Waals surface area (Å²) in [4.78, 5) is 12.4. The van der Waals surface area contributed by atoms with Gasteiger partial charge in [0.15, 0.2) is 5.65 Å². The van der Waals surface area contributed by atoms with Gasteiger partial charge in [-0.2, -0.15) is 0 Å². The fourth-order valence-electron chi connectivity index (χ4n) is 1.41. The van der Waals surface area contributed by atoms with E-state index in [2.05, 4.69) is 15.0 Å². The van der Waals surface area contributed by atoms with Crippen molar-refractivity contribution in [3.63, 3.8) is 0 Å². The molecule has 3 rings (SSSR count). The van der Waals surface area contributed by atoms with Crippen LogP contribution >= 0.6 is 0 Å². The first kappa shape index (κ1) is 6.54. The van der Waals surface area contributed by atoms with Crippen LogP contribution in [-0.4, -0.2) is 19.4 Å². The Bertz CT molecular complexity index is 519. The second-order valence-corrected chi connectivity index (χ2v) is 2.77. The molecule has 3 heterocycles. The van der Waals surface area contributed by atoms with E-state index in [0.29, 0.717) is 0 Å². The highest BCUT2D eigenvalue weighted by Crippen LogP contribution is 2.11. The molecule has 4 nitrogen and oxygen atoms in total. The van der Waals surface area contributed by atoms with E-state index in [4.69, 9.17) is 0 Å². The van der Waals surface area contributed by atoms with Gasteiger partial charge in [0.2, 0.25) is 0 Å². The summed E-state index contributed by atoms with van der Waals surface area (Å²) in [6, 6.07) is 5.85. The first-order chi connectivity index (χ1) is 6.45. The Morgan fingerprint density at radius 3 is 3.23 bits per heavy atom. The lowest BCUT2D eigenvalue weighted by atomic mass is 10.5. The minimum Gasteiger partial charge on any atom is -0.284 e. The predicted molar refractivity (Wildman–Crippen MR) is 48.3 cm³/mol. The van der Waals surface area contributed by atoms with Crippen molar-refractivity contribution in [3.8, 4) is 0 Å². The van der Waals surface area contributed by atoms with E-state index >= 15 is 0 Å². The van der Waals surface area contributed by atoms with Crippen LogP contribution < -0.4 is 0 Å². The van der Waals surface area contributed by atoms with Gasteiger partial charge >= 0.3 is 0 Å². The van der Waals surface area contributed by atoms with Crippen LogP contribution in [-0.2, 0) is 0 Å². The molecular formula is C9H6N4. The molecule has 0 spiro atoms. The van der Waals surface area contributed by atoms with E-state index in [1.54, 1.807) is 6.20 Å². The first-order valence-corrected chi connectivity index (χ1v) is 3.98. The van der Waals surface area contributed by atoms with Crippen LogP contribution in [0.25, 0.3) is 16.8 Å². The number of rotatable bonds is 0. The standard InChI is InChI=1S/C9H6N4/c1-2-4-13-8(3-1)12-7-5-10-6-11-9(7)13/h1-6H. The minimum atomic E-state index is 0.828. The van der Waals surface area contributed by atoms with Gasteiger partial charge in [-0.15, -0.1) is 0 Å². The third kappa shape index (κ3) is 0.823. The summed E-state index contributed by atoms with van der Waals surface area (Å²) < 4.78 is 1.94. The molecule has 0 atom stereocenters. The van der Waals surface area contributed by atoms with Crippen molar-refractivity contribution >= 4 is 16.8 Å². The quantitative estimate of drug-likeness (QED) is 0.510. The van der Waals surface area contributed by atoms with E-state index < -0.39 is 0 Å². The molecule has 0 saturated heterocycles. The van der Waals surface area contributed by atoms with Crippen molar-refractivity contribution < 1.29 is 0 Å². The number of nitrogens with zero attached hydrogens (tertiary/aromatic N) is 4. The Kier molecular flexibility index (Phi) is 1.14. The monoisotopic (exact) mass is 170 g/mol. The molecule has 0 aromatic carbocycles. The lowest BCUT2D eigenvalue weighted by Gasteiger charge is -1.90. The Labute approximate surface area is 73.9 Å². The molecule has 4 heteroatoms. The Morgan fingerprint density at radius 2 is 2.23 bits per heavy atom. The van der Waals surface area contributed by atoms with Crippen molar-refractivity contribution in [1.29, 1.82) is 0 Å². The van der Waals surface area contributed by atoms with E-state index in [1.165, 1.54) is 6.33 Å². The third-order valence-electron chi connectivity index (χ3n) is 1.97. The summed E-state index contributed by atoms with van der Waals surface area (Å²) in [6.07, 6.45) is 5.19. The molecule has 0 bridgehead atoms. The Morgan fingerprint density at radius 1 is 1.23 bits per heavy atom. The van der Waals surface area contributed by atoms with Crippen molar-refractivity contribution in [2.75, 3.05) is 0 Å². The molecule has 0 unspecified atom stereocenters. The van der Waals surface area contributed by atoms with Crippen LogP contribution in [0.15, 0.2) is 36.9 Å². The largest absolute Gasteiger partial charge is 0.284 e. The van der Waals surface area contributed by atoms with Crippen molar-refractivity contribution in [2.45, 2.75) is 0 Å². The maximum Gasteiger partial charge on any atom is 0.167 e. The second kappa shape index (κ2) is 2.26. The Balaban J connectivity index is 2.64. The summed E-state index contributed by atoms with van der Waals surface area (Å²) in [7, 11) is 0. The van der Waals surface area contributed by atoms with Gasteiger partial charge in [-0.25, -0.2) is 15.0 Å². The van der Waals surface area contributed by atoms with Gasteiger partial charge in [0.05, 0.1) is 6.20 Å². The van der Waals surface area contributed by atoms with E-state index in [-0.39, 0.29) is 0 Å². The first-order valence-electron chi connectivity index (χ1n) is 3.98. The van der Waals surface area contributed by atoms with Gasteiger partial charge in [-0.1, -0.05) is 6.07 Å². The zero-order valence-electron chi connectivity index (χ0n) is 6.75. The fraction of sp³-hybridized carbons (Fsp3) is 0. The van der Waals surface area contributed by atoms with Crippen LogP contribution in [0.3, 0.4) is 0 Å². The van der Waals surface area contributed by atoms with E-state index in [1.807, 2.05) is 28.8 Å². The molecule has 0 fully saturated rings. The van der Waals surface area contributed by atoms with E-state index in [9.17, 15) is 0 Å². The summed E-state index contributed by atoms with van der Waals surface area (Å²) in [6.45, 7) is 0. The second-order valence-electron chi connectivity index (χ2n) is 2.77. The van der Waals surface area contributed by atoms with Crippen LogP contribution in [0.5, 0.6) is 0 Å². The van der Waals surface area contributed by atoms with E-state index in [0.717, 1.165) is 16.8 Å². The molecule has 0 N–H and O–H groups in total. The van der Waals surface area contributed by atoms with Crippen molar-refractivity contribution in [3.05, 3.63) is 36.9 Å². The molecule has 62 valence electrons. The van der Waals surface area contributed by atoms with Crippen LogP contribution in [0.1, 0.15) is 0 Å². The maximum atomic E-state index is 4.35. The summed E-state index contributed by atoms with van der Waals surface area (Å²) in [5.74, 6) is 0. The number of hydrogen-bond donors (Lipinski definition) is 0. The van der Waals surface area contributed by atoms with Crippen molar-refractivity contribution in [2.24, 2.45) is 0 Å². The number of imidazole rings is 1. The predicted octanol–water partition coefficient (Wildman–Crippen LogP) is 1.28. The van der Waals surface area contributed by atoms with Gasteiger partial charge in [0.25, 0.3) is 0 Å². The molecule has 0 aliphatic heterocycles. The average Bonchev–Trinajstić information content (AvgIpc) is 2.56. The van der Waals surface area contributed by atoms with Crippen molar-refractivity contribution in [1.82, 2.24) is 19.4 Å². The lowest BCUT2D eigenvalue weighted by molar-refractivity contribution is 1.15. The number of aromatic nitrogens is 4. The molecule has 13 heavy (non-hydrogen) atoms. The van der Waals surface area contributed by atoms with Gasteiger partial charge in [0, 0.05) is 6.20 Å². The highest BCUT2D eigenvalue weighted by molar-refractivity contribution is 5.75. The number of pyridine rings is 1. The molecule has 0 saturated carbocycles. The number of fused-ring (bicyclic) bond motifs is 3. The topological polar surface area (TPSA) is 43.1 Å². The molecule has 0 aliphatic rings. The normalized spacial score (nSPS) is 11.1. The summed E-state index contributed by atoms with van der Waals surface area (Å²) in [5.41, 5.74) is 2.58. The number of hydrogen-bond acceptors (Lipinski definition) is 3. The SMILES string of the molecule is c1ccn2c(c1)nc1cncnc12.